The van der Waals surface area contributed by atoms with Crippen LogP contribution in [0.5, 0.6) is 0 Å². The molecule has 2 heterocycles. The quantitative estimate of drug-likeness (QED) is 0.793. The molecule has 2 unspecified atom stereocenters. The third-order valence-electron chi connectivity index (χ3n) is 4.46. The molecular weight excluding hydrogens is 271 g/mol. The minimum absolute atomic E-state index is 0.0462. The highest BCUT2D eigenvalue weighted by atomic mass is 15.3. The summed E-state index contributed by atoms with van der Waals surface area (Å²) in [5, 5.41) is 3.32. The van der Waals surface area contributed by atoms with Gasteiger partial charge in [-0.3, -0.25) is 0 Å². The average Bonchev–Trinajstić information content (AvgIpc) is 2.53. The molecule has 5 heteroatoms. The van der Waals surface area contributed by atoms with Crippen molar-refractivity contribution in [2.45, 2.75) is 45.6 Å². The summed E-state index contributed by atoms with van der Waals surface area (Å²) in [6, 6.07) is 0.362. The molecule has 118 valence electrons. The molecule has 2 radical (unpaired) electrons. The van der Waals surface area contributed by atoms with Gasteiger partial charge in [-0.2, -0.15) is 0 Å². The van der Waals surface area contributed by atoms with Gasteiger partial charge in [-0.1, -0.05) is 18.7 Å². The summed E-state index contributed by atoms with van der Waals surface area (Å²) in [5.41, 5.74) is 3.12. The Morgan fingerprint density at radius 1 is 1.45 bits per heavy atom. The van der Waals surface area contributed by atoms with E-state index in [1.165, 1.54) is 0 Å². The summed E-state index contributed by atoms with van der Waals surface area (Å²) in [5.74, 6) is 0.998. The van der Waals surface area contributed by atoms with Crippen LogP contribution in [0.3, 0.4) is 0 Å². The van der Waals surface area contributed by atoms with E-state index in [0.717, 1.165) is 48.9 Å². The highest BCUT2D eigenvalue weighted by Gasteiger charge is 2.33. The number of amidine groups is 1. The van der Waals surface area contributed by atoms with Crippen LogP contribution in [0, 0.1) is 0 Å². The van der Waals surface area contributed by atoms with Crippen molar-refractivity contribution >= 4 is 13.7 Å². The van der Waals surface area contributed by atoms with E-state index in [-0.39, 0.29) is 5.94 Å². The van der Waals surface area contributed by atoms with E-state index >= 15 is 0 Å². The van der Waals surface area contributed by atoms with Crippen LogP contribution in [0.4, 0.5) is 0 Å². The number of hydrogen-bond acceptors (Lipinski definition) is 4. The fourth-order valence-electron chi connectivity index (χ4n) is 3.15. The number of rotatable bonds is 2. The number of hydrogen-bond donors (Lipinski definition) is 1. The molecular formula is C17H27BN4. The number of aliphatic imine (C=N–C) groups is 1. The first-order chi connectivity index (χ1) is 10.5. The van der Waals surface area contributed by atoms with Crippen LogP contribution in [0.25, 0.3) is 0 Å². The van der Waals surface area contributed by atoms with Crippen LogP contribution in [0.15, 0.2) is 40.8 Å². The Morgan fingerprint density at radius 3 is 2.73 bits per heavy atom. The maximum absolute atomic E-state index is 6.11. The van der Waals surface area contributed by atoms with Gasteiger partial charge in [-0.25, -0.2) is 4.99 Å². The summed E-state index contributed by atoms with van der Waals surface area (Å²) in [7, 11) is 8.17. The van der Waals surface area contributed by atoms with Gasteiger partial charge in [0.05, 0.1) is 24.9 Å². The zero-order valence-electron chi connectivity index (χ0n) is 14.3. The van der Waals surface area contributed by atoms with Gasteiger partial charge in [0.25, 0.3) is 0 Å². The first-order valence-corrected chi connectivity index (χ1v) is 8.13. The molecule has 4 nitrogen and oxygen atoms in total. The van der Waals surface area contributed by atoms with Crippen molar-refractivity contribution in [2.24, 2.45) is 4.99 Å². The Kier molecular flexibility index (Phi) is 5.51. The molecule has 2 atom stereocenters. The molecule has 0 aliphatic carbocycles. The van der Waals surface area contributed by atoms with Gasteiger partial charge in [-0.15, -0.1) is 0 Å². The second-order valence-electron chi connectivity index (χ2n) is 5.85. The lowest BCUT2D eigenvalue weighted by molar-refractivity contribution is 0.247. The first-order valence-electron chi connectivity index (χ1n) is 8.13. The third kappa shape index (κ3) is 3.14. The largest absolute Gasteiger partial charge is 0.358 e. The smallest absolute Gasteiger partial charge is 0.152 e. The van der Waals surface area contributed by atoms with Crippen LogP contribution >= 0.6 is 0 Å². The van der Waals surface area contributed by atoms with Gasteiger partial charge in [0.2, 0.25) is 0 Å². The second-order valence-corrected chi connectivity index (χ2v) is 5.85. The molecule has 1 N–H and O–H groups in total. The zero-order chi connectivity index (χ0) is 16.3. The van der Waals surface area contributed by atoms with Gasteiger partial charge >= 0.3 is 0 Å². The van der Waals surface area contributed by atoms with E-state index in [1.807, 2.05) is 6.92 Å². The predicted molar refractivity (Wildman–Crippen MR) is 94.8 cm³/mol. The summed E-state index contributed by atoms with van der Waals surface area (Å²) >= 11 is 0. The van der Waals surface area contributed by atoms with Gasteiger partial charge in [0.1, 0.15) is 0 Å². The molecule has 1 saturated heterocycles. The molecule has 0 bridgehead atoms. The molecule has 22 heavy (non-hydrogen) atoms. The van der Waals surface area contributed by atoms with E-state index in [0.29, 0.717) is 6.04 Å². The summed E-state index contributed by atoms with van der Waals surface area (Å²) < 4.78 is 0. The number of likely N-dealkylation sites (N-methyl/N-ethyl adjacent to an activating group) is 1. The number of nitrogens with one attached hydrogen (secondary N) is 1. The fourth-order valence-corrected chi connectivity index (χ4v) is 3.15. The number of piperidine rings is 1. The van der Waals surface area contributed by atoms with E-state index in [2.05, 4.69) is 54.7 Å². The monoisotopic (exact) mass is 298 g/mol. The van der Waals surface area contributed by atoms with Crippen molar-refractivity contribution in [3.05, 3.63) is 35.8 Å². The lowest BCUT2D eigenvalue weighted by atomic mass is 9.84. The third-order valence-corrected chi connectivity index (χ3v) is 4.46. The predicted octanol–water partition coefficient (Wildman–Crippen LogP) is 2.22. The maximum atomic E-state index is 6.11. The van der Waals surface area contributed by atoms with Crippen molar-refractivity contribution in [1.82, 2.24) is 15.1 Å². The average molecular weight is 298 g/mol. The Morgan fingerprint density at radius 2 is 2.18 bits per heavy atom. The lowest BCUT2D eigenvalue weighted by Gasteiger charge is -2.44. The molecule has 0 spiro atoms. The standard InChI is InChI=1S/C17H27BN4/c1-6-14-15(7-2)22(13-9-10-19-16(18)11-13)12(4)17(20-14)21(5)8-3/h6-7,13,16,19H,4,8-11H2,1-3,5H3/b14-6+,15-7+. The normalized spacial score (nSPS) is 29.9. The molecule has 2 aliphatic rings. The highest BCUT2D eigenvalue weighted by Crippen LogP contribution is 2.33. The molecule has 0 saturated carbocycles. The zero-order valence-corrected chi connectivity index (χ0v) is 14.3. The van der Waals surface area contributed by atoms with Crippen molar-refractivity contribution < 1.29 is 0 Å². The van der Waals surface area contributed by atoms with Crippen LogP contribution < -0.4 is 5.32 Å². The van der Waals surface area contributed by atoms with E-state index in [4.69, 9.17) is 12.8 Å². The SMILES string of the molecule is [B]C1CC(N2C(=C)C(N(C)CC)=NC(=C/C)/C2=C\C)CCN1. The Bertz CT molecular complexity index is 521. The Labute approximate surface area is 136 Å². The first kappa shape index (κ1) is 16.9. The van der Waals surface area contributed by atoms with Crippen molar-refractivity contribution in [1.29, 1.82) is 0 Å². The van der Waals surface area contributed by atoms with Gasteiger partial charge in [0, 0.05) is 19.6 Å². The second kappa shape index (κ2) is 7.18. The molecule has 2 rings (SSSR count). The van der Waals surface area contributed by atoms with Gasteiger partial charge in [-0.05, 0) is 46.1 Å². The van der Waals surface area contributed by atoms with Gasteiger partial charge < -0.3 is 15.1 Å². The summed E-state index contributed by atoms with van der Waals surface area (Å²) in [4.78, 5) is 9.30. The molecule has 0 aromatic carbocycles. The molecule has 1 fully saturated rings. The number of nitrogens with zero attached hydrogens (tertiary/aromatic N) is 3. The minimum Gasteiger partial charge on any atom is -0.358 e. The summed E-state index contributed by atoms with van der Waals surface area (Å²) in [6.07, 6.45) is 6.17. The van der Waals surface area contributed by atoms with E-state index < -0.39 is 0 Å². The molecule has 0 amide bonds. The lowest BCUT2D eigenvalue weighted by Crippen LogP contribution is -2.50. The Hall–Kier alpha value is -1.49. The van der Waals surface area contributed by atoms with Crippen molar-refractivity contribution in [2.75, 3.05) is 20.1 Å². The molecule has 2 aliphatic heterocycles. The number of allylic oxidation sites excluding steroid dienone is 2. The van der Waals surface area contributed by atoms with Gasteiger partial charge in [0.15, 0.2) is 5.84 Å². The molecule has 0 aromatic rings. The highest BCUT2D eigenvalue weighted by molar-refractivity contribution is 6.11. The summed E-state index contributed by atoms with van der Waals surface area (Å²) in [6.45, 7) is 12.4. The topological polar surface area (TPSA) is 30.9 Å². The van der Waals surface area contributed by atoms with Crippen LogP contribution in [0.1, 0.15) is 33.6 Å². The molecule has 0 aromatic heterocycles. The van der Waals surface area contributed by atoms with Crippen LogP contribution in [-0.2, 0) is 0 Å². The van der Waals surface area contributed by atoms with Crippen molar-refractivity contribution in [3.63, 3.8) is 0 Å². The fraction of sp³-hybridized carbons (Fsp3) is 0.588. The van der Waals surface area contributed by atoms with E-state index in [9.17, 15) is 0 Å². The maximum Gasteiger partial charge on any atom is 0.152 e. The van der Waals surface area contributed by atoms with Crippen LogP contribution in [-0.4, -0.2) is 55.6 Å². The minimum atomic E-state index is 0.0462. The van der Waals surface area contributed by atoms with E-state index in [1.54, 1.807) is 0 Å². The van der Waals surface area contributed by atoms with Crippen molar-refractivity contribution in [3.8, 4) is 0 Å². The van der Waals surface area contributed by atoms with Crippen LogP contribution in [0.2, 0.25) is 0 Å². The Balaban J connectivity index is 2.42.